The molecule has 0 aromatic rings. The molecule has 0 rings (SSSR count). The number of hydrogen-bond acceptors (Lipinski definition) is 4. The molecule has 1 N–H and O–H groups in total. The average molecular weight is 373 g/mol. The number of unbranched alkanes of at least 4 members (excludes halogenated alkanes) is 13. The van der Waals surface area contributed by atoms with E-state index in [4.69, 9.17) is 5.11 Å². The Kier molecular flexibility index (Phi) is 21.1. The first-order valence-electron chi connectivity index (χ1n) is 9.58. The van der Waals surface area contributed by atoms with Gasteiger partial charge in [0.2, 0.25) is 0 Å². The predicted molar refractivity (Wildman–Crippen MR) is 95.5 cm³/mol. The number of rotatable bonds is 17. The summed E-state index contributed by atoms with van der Waals surface area (Å²) in [5.41, 5.74) is 0. The second-order valence-electron chi connectivity index (χ2n) is 6.68. The van der Waals surface area contributed by atoms with E-state index >= 15 is 0 Å². The molecule has 0 amide bonds. The summed E-state index contributed by atoms with van der Waals surface area (Å²) in [6, 6.07) is 0. The summed E-state index contributed by atoms with van der Waals surface area (Å²) < 4.78 is 32.4. The van der Waals surface area contributed by atoms with Crippen molar-refractivity contribution in [2.45, 2.75) is 108 Å². The van der Waals surface area contributed by atoms with E-state index in [1.165, 1.54) is 70.6 Å². The van der Waals surface area contributed by atoms with Gasteiger partial charge in [-0.3, -0.25) is 0 Å². The fourth-order valence-corrected chi connectivity index (χ4v) is 3.53. The third-order valence-corrected chi connectivity index (χ3v) is 5.69. The normalized spacial score (nSPS) is 12.8. The summed E-state index contributed by atoms with van der Waals surface area (Å²) in [6.07, 6.45) is 17.7. The smallest absolute Gasteiger partial charge is 0.748 e. The van der Waals surface area contributed by atoms with Crippen molar-refractivity contribution in [3.05, 3.63) is 0 Å². The number of aliphatic hydroxyl groups is 1. The van der Waals surface area contributed by atoms with Crippen LogP contribution >= 0.6 is 0 Å². The number of aliphatic hydroxyl groups excluding tert-OH is 1. The maximum atomic E-state index is 10.8. The Hall–Kier alpha value is 0.870. The van der Waals surface area contributed by atoms with Crippen molar-refractivity contribution in [3.8, 4) is 0 Å². The Labute approximate surface area is 172 Å². The van der Waals surface area contributed by atoms with Crippen LogP contribution in [0.2, 0.25) is 0 Å². The topological polar surface area (TPSA) is 77.4 Å². The van der Waals surface area contributed by atoms with Gasteiger partial charge in [0.05, 0.1) is 22.0 Å². The molecule has 140 valence electrons. The second kappa shape index (κ2) is 18.7. The van der Waals surface area contributed by atoms with Gasteiger partial charge in [-0.15, -0.1) is 0 Å². The Morgan fingerprint density at radius 3 is 1.38 bits per heavy atom. The van der Waals surface area contributed by atoms with E-state index in [1.54, 1.807) is 0 Å². The summed E-state index contributed by atoms with van der Waals surface area (Å²) in [4.78, 5) is 0. The third-order valence-electron chi connectivity index (χ3n) is 4.49. The molecule has 0 saturated carbocycles. The van der Waals surface area contributed by atoms with Gasteiger partial charge in [-0.25, -0.2) is 8.42 Å². The Morgan fingerprint density at radius 1 is 0.750 bits per heavy atom. The first-order chi connectivity index (χ1) is 11.0. The van der Waals surface area contributed by atoms with E-state index in [0.29, 0.717) is 12.8 Å². The van der Waals surface area contributed by atoms with Crippen LogP contribution in [0.15, 0.2) is 0 Å². The van der Waals surface area contributed by atoms with Crippen molar-refractivity contribution < 1.29 is 47.6 Å². The van der Waals surface area contributed by atoms with Crippen LogP contribution in [-0.4, -0.2) is 29.9 Å². The van der Waals surface area contributed by atoms with E-state index in [0.717, 1.165) is 12.8 Å². The van der Waals surface area contributed by atoms with E-state index < -0.39 is 22.0 Å². The maximum Gasteiger partial charge on any atom is 1.00 e. The molecule has 24 heavy (non-hydrogen) atoms. The summed E-state index contributed by atoms with van der Waals surface area (Å²) in [5.74, 6) is 0. The molecule has 0 heterocycles. The van der Waals surface area contributed by atoms with Gasteiger partial charge in [0.1, 0.15) is 0 Å². The minimum Gasteiger partial charge on any atom is -0.748 e. The van der Waals surface area contributed by atoms with Crippen LogP contribution in [0.5, 0.6) is 0 Å². The fourth-order valence-electron chi connectivity index (χ4n) is 2.89. The van der Waals surface area contributed by atoms with Crippen LogP contribution in [0.25, 0.3) is 0 Å². The molecular formula is C18H37NaO4S. The molecule has 0 fully saturated rings. The van der Waals surface area contributed by atoms with Gasteiger partial charge >= 0.3 is 29.6 Å². The van der Waals surface area contributed by atoms with Crippen LogP contribution in [0.1, 0.15) is 103 Å². The van der Waals surface area contributed by atoms with Gasteiger partial charge in [0, 0.05) is 0 Å². The maximum absolute atomic E-state index is 10.8. The van der Waals surface area contributed by atoms with Crippen LogP contribution in [0, 0.1) is 0 Å². The van der Waals surface area contributed by atoms with Crippen LogP contribution in [0.4, 0.5) is 0 Å². The van der Waals surface area contributed by atoms with E-state index in [9.17, 15) is 13.0 Å². The minimum atomic E-state index is -4.33. The average Bonchev–Trinajstić information content (AvgIpc) is 2.50. The fraction of sp³-hybridized carbons (Fsp3) is 1.00. The van der Waals surface area contributed by atoms with Crippen LogP contribution in [-0.2, 0) is 10.1 Å². The van der Waals surface area contributed by atoms with Gasteiger partial charge in [-0.05, 0) is 6.42 Å². The largest absolute Gasteiger partial charge is 1.00 e. The molecule has 0 aliphatic heterocycles. The van der Waals surface area contributed by atoms with Gasteiger partial charge in [-0.1, -0.05) is 96.8 Å². The molecule has 0 aromatic heterocycles. The molecule has 6 heteroatoms. The number of hydrogen-bond donors (Lipinski definition) is 1. The van der Waals surface area contributed by atoms with Crippen molar-refractivity contribution in [2.75, 3.05) is 6.61 Å². The first kappa shape index (κ1) is 27.1. The molecule has 0 saturated heterocycles. The third kappa shape index (κ3) is 17.7. The summed E-state index contributed by atoms with van der Waals surface area (Å²) in [6.45, 7) is 1.70. The molecule has 0 bridgehead atoms. The van der Waals surface area contributed by atoms with Crippen molar-refractivity contribution >= 4 is 10.1 Å². The quantitative estimate of drug-likeness (QED) is 0.240. The Morgan fingerprint density at radius 2 is 1.08 bits per heavy atom. The molecule has 0 aliphatic carbocycles. The Balaban J connectivity index is 0. The van der Waals surface area contributed by atoms with E-state index in [1.807, 2.05) is 0 Å². The van der Waals surface area contributed by atoms with Gasteiger partial charge < -0.3 is 9.66 Å². The predicted octanol–water partition coefficient (Wildman–Crippen LogP) is 1.77. The molecule has 0 aromatic carbocycles. The zero-order valence-corrected chi connectivity index (χ0v) is 18.8. The first-order valence-corrected chi connectivity index (χ1v) is 11.0. The molecular weight excluding hydrogens is 335 g/mol. The summed E-state index contributed by atoms with van der Waals surface area (Å²) in [5, 5.41) is 7.78. The SMILES string of the molecule is CCCCCCCCCCCCCCCCC(CO)S(=O)(=O)[O-].[Na+]. The summed E-state index contributed by atoms with van der Waals surface area (Å²) in [7, 11) is -4.33. The minimum absolute atomic E-state index is 0. The van der Waals surface area contributed by atoms with Crippen molar-refractivity contribution in [1.29, 1.82) is 0 Å². The zero-order chi connectivity index (χ0) is 17.4. The molecule has 1 unspecified atom stereocenters. The van der Waals surface area contributed by atoms with Crippen molar-refractivity contribution in [3.63, 3.8) is 0 Å². The van der Waals surface area contributed by atoms with E-state index in [2.05, 4.69) is 6.92 Å². The van der Waals surface area contributed by atoms with Gasteiger partial charge in [0.25, 0.3) is 0 Å². The molecule has 0 radical (unpaired) electrons. The second-order valence-corrected chi connectivity index (χ2v) is 8.33. The van der Waals surface area contributed by atoms with Crippen LogP contribution in [0.3, 0.4) is 0 Å². The van der Waals surface area contributed by atoms with E-state index in [-0.39, 0.29) is 29.6 Å². The zero-order valence-electron chi connectivity index (χ0n) is 16.0. The van der Waals surface area contributed by atoms with Crippen molar-refractivity contribution in [2.24, 2.45) is 0 Å². The molecule has 1 atom stereocenters. The monoisotopic (exact) mass is 372 g/mol. The van der Waals surface area contributed by atoms with Gasteiger partial charge in [-0.2, -0.15) is 0 Å². The summed E-state index contributed by atoms with van der Waals surface area (Å²) >= 11 is 0. The van der Waals surface area contributed by atoms with Gasteiger partial charge in [0.15, 0.2) is 0 Å². The van der Waals surface area contributed by atoms with Crippen molar-refractivity contribution in [1.82, 2.24) is 0 Å². The Bertz CT molecular complexity index is 347. The standard InChI is InChI=1S/C18H38O4S.Na/c1-2-3-4-5-6-7-8-9-10-11-12-13-14-15-16-18(17-19)23(20,21)22;/h18-19H,2-17H2,1H3,(H,20,21,22);/q;+1/p-1. The molecule has 4 nitrogen and oxygen atoms in total. The van der Waals surface area contributed by atoms with Crippen LogP contribution < -0.4 is 29.6 Å². The molecule has 0 spiro atoms. The molecule has 0 aliphatic rings.